The third-order valence-corrected chi connectivity index (χ3v) is 8.57. The van der Waals surface area contributed by atoms with E-state index in [0.717, 1.165) is 18.4 Å². The van der Waals surface area contributed by atoms with Crippen molar-refractivity contribution >= 4 is 28.8 Å². The van der Waals surface area contributed by atoms with Crippen LogP contribution >= 0.6 is 0 Å². The van der Waals surface area contributed by atoms with Gasteiger partial charge in [-0.25, -0.2) is 4.68 Å². The molecule has 0 saturated carbocycles. The molecule has 2 aromatic rings. The molecule has 11 nitrogen and oxygen atoms in total. The first-order valence-electron chi connectivity index (χ1n) is 14.5. The number of nitrogens with zero attached hydrogens (tertiary/aromatic N) is 5. The van der Waals surface area contributed by atoms with E-state index in [1.807, 2.05) is 24.3 Å². The lowest BCUT2D eigenvalue weighted by molar-refractivity contribution is -0.155. The van der Waals surface area contributed by atoms with Crippen LogP contribution in [0.25, 0.3) is 11.0 Å². The number of carbonyl (C=O) groups is 3. The maximum Gasteiger partial charge on any atom is 0.312 e. The number of para-hydroxylation sites is 1. The summed E-state index contributed by atoms with van der Waals surface area (Å²) in [7, 11) is 0. The highest BCUT2D eigenvalue weighted by Gasteiger charge is 2.75. The first-order chi connectivity index (χ1) is 20.0. The van der Waals surface area contributed by atoms with E-state index in [1.165, 1.54) is 0 Å². The summed E-state index contributed by atoms with van der Waals surface area (Å²) in [6, 6.07) is 6.63. The first kappa shape index (κ1) is 28.9. The van der Waals surface area contributed by atoms with Gasteiger partial charge in [-0.05, 0) is 44.2 Å². The van der Waals surface area contributed by atoms with Gasteiger partial charge < -0.3 is 24.4 Å². The predicted octanol–water partition coefficient (Wildman–Crippen LogP) is 2.45. The second-order valence-electron chi connectivity index (χ2n) is 11.0. The van der Waals surface area contributed by atoms with Crippen LogP contribution in [0.5, 0.6) is 0 Å². The zero-order valence-electron chi connectivity index (χ0n) is 23.4. The van der Waals surface area contributed by atoms with E-state index in [2.05, 4.69) is 23.5 Å². The Morgan fingerprint density at radius 1 is 1.20 bits per heavy atom. The number of hydrogen-bond donors (Lipinski definition) is 1. The monoisotopic (exact) mass is 565 g/mol. The molecule has 1 spiro atoms. The van der Waals surface area contributed by atoms with E-state index in [9.17, 15) is 14.4 Å². The molecule has 3 saturated heterocycles. The van der Waals surface area contributed by atoms with E-state index in [1.54, 1.807) is 26.6 Å². The summed E-state index contributed by atoms with van der Waals surface area (Å²) in [6.07, 6.45) is 7.45. The van der Waals surface area contributed by atoms with Gasteiger partial charge in [0.05, 0.1) is 30.1 Å². The van der Waals surface area contributed by atoms with Crippen molar-refractivity contribution in [2.75, 3.05) is 26.3 Å². The Morgan fingerprint density at radius 2 is 2.00 bits per heavy atom. The predicted molar refractivity (Wildman–Crippen MR) is 150 cm³/mol. The molecule has 1 aromatic heterocycles. The number of hydrogen-bond acceptors (Lipinski definition) is 8. The maximum atomic E-state index is 14.5. The van der Waals surface area contributed by atoms with Gasteiger partial charge in [-0.1, -0.05) is 42.3 Å². The molecule has 1 aromatic carbocycles. The number of esters is 1. The number of aliphatic hydroxyl groups is 1. The Kier molecular flexibility index (Phi) is 8.84. The second kappa shape index (κ2) is 12.5. The van der Waals surface area contributed by atoms with Crippen LogP contribution < -0.4 is 0 Å². The number of benzene rings is 1. The third-order valence-electron chi connectivity index (χ3n) is 8.57. The SMILES string of the molecule is C=CCCOC(=O)[C@@H]1[C@@H]2CCC3(O2)C(C(=O)N(CC=C)Cn2nnc4ccccc42)N(CCCCCCO)C(=O)[C@H]13. The minimum Gasteiger partial charge on any atom is -0.465 e. The summed E-state index contributed by atoms with van der Waals surface area (Å²) in [5.41, 5.74) is 0.401. The van der Waals surface area contributed by atoms with Gasteiger partial charge in [0.2, 0.25) is 11.8 Å². The fourth-order valence-electron chi connectivity index (χ4n) is 6.76. The summed E-state index contributed by atoms with van der Waals surface area (Å²) >= 11 is 0. The Labute approximate surface area is 239 Å². The molecule has 220 valence electrons. The average Bonchev–Trinajstić information content (AvgIpc) is 3.72. The second-order valence-corrected chi connectivity index (χ2v) is 11.0. The van der Waals surface area contributed by atoms with Crippen LogP contribution in [0.1, 0.15) is 44.9 Å². The lowest BCUT2D eigenvalue weighted by Crippen LogP contribution is -2.56. The quantitative estimate of drug-likeness (QED) is 0.198. The smallest absolute Gasteiger partial charge is 0.312 e. The zero-order valence-corrected chi connectivity index (χ0v) is 23.4. The zero-order chi connectivity index (χ0) is 29.0. The van der Waals surface area contributed by atoms with E-state index in [-0.39, 0.29) is 38.2 Å². The molecule has 2 amide bonds. The van der Waals surface area contributed by atoms with Gasteiger partial charge in [-0.3, -0.25) is 14.4 Å². The normalized spacial score (nSPS) is 26.4. The van der Waals surface area contributed by atoms with Crippen molar-refractivity contribution in [1.82, 2.24) is 24.8 Å². The average molecular weight is 566 g/mol. The van der Waals surface area contributed by atoms with E-state index in [0.29, 0.717) is 44.2 Å². The minimum atomic E-state index is -1.10. The molecule has 5 atom stereocenters. The molecular formula is C30H39N5O6. The summed E-state index contributed by atoms with van der Waals surface area (Å²) < 4.78 is 13.7. The van der Waals surface area contributed by atoms with E-state index >= 15 is 0 Å². The number of ether oxygens (including phenoxy) is 2. The topological polar surface area (TPSA) is 127 Å². The van der Waals surface area contributed by atoms with Crippen LogP contribution in [-0.2, 0) is 30.5 Å². The summed E-state index contributed by atoms with van der Waals surface area (Å²) in [5.74, 6) is -2.48. The summed E-state index contributed by atoms with van der Waals surface area (Å²) in [4.78, 5) is 45.0. The highest BCUT2D eigenvalue weighted by Crippen LogP contribution is 2.58. The molecule has 0 aliphatic carbocycles. The van der Waals surface area contributed by atoms with Crippen molar-refractivity contribution in [3.05, 3.63) is 49.6 Å². The minimum absolute atomic E-state index is 0.118. The van der Waals surface area contributed by atoms with Crippen LogP contribution in [0.3, 0.4) is 0 Å². The van der Waals surface area contributed by atoms with Crippen molar-refractivity contribution in [2.45, 2.75) is 69.4 Å². The number of unbranched alkanes of at least 4 members (excludes halogenated alkanes) is 3. The van der Waals surface area contributed by atoms with Gasteiger partial charge in [0.15, 0.2) is 0 Å². The number of amides is 2. The first-order valence-corrected chi connectivity index (χ1v) is 14.5. The van der Waals surface area contributed by atoms with Crippen molar-refractivity contribution in [2.24, 2.45) is 11.8 Å². The molecule has 3 aliphatic rings. The highest BCUT2D eigenvalue weighted by atomic mass is 16.6. The lowest BCUT2D eigenvalue weighted by atomic mass is 9.70. The standard InChI is InChI=1S/C30H39N5O6/c1-3-5-19-40-29(39)24-23-14-15-30(41-23)25(24)27(37)34(17-10-6-7-11-18-36)26(30)28(38)33(16-4-2)20-35-22-13-9-8-12-21(22)31-32-35/h3-4,8-9,12-13,23-26,36H,1-2,5-7,10-11,14-20H2/t23-,24+,25-,26?,30?/m0/s1. The Balaban J connectivity index is 1.45. The van der Waals surface area contributed by atoms with Gasteiger partial charge in [-0.2, -0.15) is 0 Å². The number of carbonyl (C=O) groups excluding carboxylic acids is 3. The third kappa shape index (κ3) is 5.28. The number of aromatic nitrogens is 3. The van der Waals surface area contributed by atoms with Crippen LogP contribution in [0.2, 0.25) is 0 Å². The fraction of sp³-hybridized carbons (Fsp3) is 0.567. The van der Waals surface area contributed by atoms with Crippen molar-refractivity contribution in [3.63, 3.8) is 0 Å². The highest BCUT2D eigenvalue weighted by molar-refractivity contribution is 5.98. The summed E-state index contributed by atoms with van der Waals surface area (Å²) in [5, 5.41) is 17.6. The Hall–Kier alpha value is -3.57. The molecule has 5 rings (SSSR count). The van der Waals surface area contributed by atoms with Gasteiger partial charge in [-0.15, -0.1) is 18.3 Å². The molecule has 3 fully saturated rings. The van der Waals surface area contributed by atoms with Gasteiger partial charge in [0, 0.05) is 19.7 Å². The van der Waals surface area contributed by atoms with Gasteiger partial charge >= 0.3 is 5.97 Å². The largest absolute Gasteiger partial charge is 0.465 e. The van der Waals surface area contributed by atoms with Crippen molar-refractivity contribution in [3.8, 4) is 0 Å². The van der Waals surface area contributed by atoms with Crippen molar-refractivity contribution < 1.29 is 29.0 Å². The van der Waals surface area contributed by atoms with Crippen LogP contribution in [0.15, 0.2) is 49.6 Å². The molecule has 2 unspecified atom stereocenters. The van der Waals surface area contributed by atoms with Gasteiger partial charge in [0.1, 0.15) is 23.8 Å². The number of aliphatic hydroxyl groups excluding tert-OH is 1. The molecule has 11 heteroatoms. The van der Waals surface area contributed by atoms with Gasteiger partial charge in [0.25, 0.3) is 0 Å². The van der Waals surface area contributed by atoms with E-state index in [4.69, 9.17) is 14.6 Å². The van der Waals surface area contributed by atoms with Crippen LogP contribution in [-0.4, -0.2) is 91.7 Å². The van der Waals surface area contributed by atoms with Crippen LogP contribution in [0, 0.1) is 11.8 Å². The Bertz CT molecular complexity index is 1300. The Morgan fingerprint density at radius 3 is 2.78 bits per heavy atom. The van der Waals surface area contributed by atoms with Crippen LogP contribution in [0.4, 0.5) is 0 Å². The lowest BCUT2D eigenvalue weighted by Gasteiger charge is -2.36. The molecule has 2 bridgehead atoms. The molecule has 4 heterocycles. The molecule has 0 radical (unpaired) electrons. The number of rotatable bonds is 15. The molecule has 3 aliphatic heterocycles. The number of fused-ring (bicyclic) bond motifs is 2. The molecule has 1 N–H and O–H groups in total. The molecule has 41 heavy (non-hydrogen) atoms. The van der Waals surface area contributed by atoms with E-state index < -0.39 is 35.6 Å². The fourth-order valence-corrected chi connectivity index (χ4v) is 6.76. The molecular weight excluding hydrogens is 526 g/mol. The summed E-state index contributed by atoms with van der Waals surface area (Å²) in [6.45, 7) is 8.55. The van der Waals surface area contributed by atoms with Crippen molar-refractivity contribution in [1.29, 1.82) is 0 Å². The number of likely N-dealkylation sites (tertiary alicyclic amines) is 1. The maximum absolute atomic E-state index is 14.5.